The van der Waals surface area contributed by atoms with E-state index in [-0.39, 0.29) is 41.8 Å². The summed E-state index contributed by atoms with van der Waals surface area (Å²) in [5.41, 5.74) is -0.135. The molecule has 1 amide bonds. The van der Waals surface area contributed by atoms with Crippen LogP contribution < -0.4 is 9.64 Å². The van der Waals surface area contributed by atoms with Gasteiger partial charge in [-0.1, -0.05) is 23.5 Å². The molecule has 14 heteroatoms. The van der Waals surface area contributed by atoms with Gasteiger partial charge >= 0.3 is 12.3 Å². The maximum atomic E-state index is 14.1. The Morgan fingerprint density at radius 2 is 1.95 bits per heavy atom. The number of halogens is 3. The van der Waals surface area contributed by atoms with E-state index < -0.39 is 29.5 Å². The van der Waals surface area contributed by atoms with E-state index in [1.165, 1.54) is 30.2 Å². The van der Waals surface area contributed by atoms with Crippen molar-refractivity contribution in [3.05, 3.63) is 64.2 Å². The first kappa shape index (κ1) is 31.1. The Morgan fingerprint density at radius 1 is 1.18 bits per heavy atom. The predicted molar refractivity (Wildman–Crippen MR) is 161 cm³/mol. The number of fused-ring (bicyclic) bond motifs is 1. The molecule has 0 spiro atoms. The zero-order valence-corrected chi connectivity index (χ0v) is 25.3. The zero-order valence-electron chi connectivity index (χ0n) is 24.5. The molecule has 44 heavy (non-hydrogen) atoms. The minimum absolute atomic E-state index is 0.0581. The van der Waals surface area contributed by atoms with Crippen molar-refractivity contribution in [2.75, 3.05) is 38.3 Å². The van der Waals surface area contributed by atoms with Crippen LogP contribution in [0.2, 0.25) is 0 Å². The normalized spacial score (nSPS) is 16.5. The summed E-state index contributed by atoms with van der Waals surface area (Å²) < 4.78 is 52.9. The van der Waals surface area contributed by atoms with Gasteiger partial charge in [-0.3, -0.25) is 10.00 Å². The molecule has 10 nitrogen and oxygen atoms in total. The van der Waals surface area contributed by atoms with E-state index in [4.69, 9.17) is 9.47 Å². The number of benzene rings is 2. The van der Waals surface area contributed by atoms with E-state index in [1.807, 2.05) is 4.90 Å². The second-order valence-corrected chi connectivity index (χ2v) is 12.3. The van der Waals surface area contributed by atoms with Crippen LogP contribution in [0.25, 0.3) is 22.6 Å². The molecular formula is C30H32F3N5O5S. The molecule has 0 unspecified atom stereocenters. The molecule has 3 N–H and O–H groups in total. The fourth-order valence-corrected chi connectivity index (χ4v) is 5.97. The monoisotopic (exact) mass is 631 g/mol. The Bertz CT molecular complexity index is 1690. The van der Waals surface area contributed by atoms with Crippen molar-refractivity contribution in [2.24, 2.45) is 0 Å². The highest BCUT2D eigenvalue weighted by Gasteiger charge is 2.36. The highest BCUT2D eigenvalue weighted by atomic mass is 32.1. The van der Waals surface area contributed by atoms with Crippen LogP contribution in [-0.4, -0.2) is 81.4 Å². The number of anilines is 1. The summed E-state index contributed by atoms with van der Waals surface area (Å²) in [6, 6.07) is 8.34. The van der Waals surface area contributed by atoms with Crippen LogP contribution in [0, 0.1) is 0 Å². The van der Waals surface area contributed by atoms with Crippen LogP contribution in [0.4, 0.5) is 23.1 Å². The topological polar surface area (TPSA) is 124 Å². The van der Waals surface area contributed by atoms with E-state index in [1.54, 1.807) is 45.2 Å². The number of aromatic amines is 1. The van der Waals surface area contributed by atoms with E-state index in [9.17, 15) is 28.2 Å². The SMILES string of the molecule is COc1ccc(C=C(c2ccc3[nH]ncc3c2)c2sc(N3CCN(C(=O)OC(C)(C)C)[C@@H](CO)C3)nc2O)c(C(F)(F)F)c1. The molecule has 1 atom stereocenters. The van der Waals surface area contributed by atoms with Gasteiger partial charge in [0, 0.05) is 30.6 Å². The number of H-pyrrole nitrogens is 1. The molecule has 0 aliphatic carbocycles. The maximum absolute atomic E-state index is 14.1. The number of rotatable bonds is 6. The van der Waals surface area contributed by atoms with Gasteiger partial charge in [-0.25, -0.2) is 4.79 Å². The summed E-state index contributed by atoms with van der Waals surface area (Å²) >= 11 is 1.10. The number of amides is 1. The van der Waals surface area contributed by atoms with Gasteiger partial charge in [-0.15, -0.1) is 0 Å². The molecule has 4 aromatic rings. The molecule has 1 fully saturated rings. The molecule has 3 heterocycles. The number of thiazole rings is 1. The number of aromatic hydroxyl groups is 1. The lowest BCUT2D eigenvalue weighted by Gasteiger charge is -2.40. The van der Waals surface area contributed by atoms with Crippen molar-refractivity contribution in [1.82, 2.24) is 20.1 Å². The number of ether oxygens (including phenoxy) is 2. The third-order valence-electron chi connectivity index (χ3n) is 7.05. The molecule has 2 aromatic heterocycles. The van der Waals surface area contributed by atoms with Gasteiger partial charge < -0.3 is 24.6 Å². The molecular weight excluding hydrogens is 599 g/mol. The Labute approximate surface area is 255 Å². The van der Waals surface area contributed by atoms with Crippen LogP contribution in [0.15, 0.2) is 42.6 Å². The summed E-state index contributed by atoms with van der Waals surface area (Å²) in [5.74, 6) is -0.302. The Hall–Kier alpha value is -4.30. The highest BCUT2D eigenvalue weighted by Crippen LogP contribution is 2.43. The van der Waals surface area contributed by atoms with Gasteiger partial charge in [0.2, 0.25) is 5.88 Å². The molecule has 1 aliphatic rings. The van der Waals surface area contributed by atoms with Crippen LogP contribution in [0.3, 0.4) is 0 Å². The lowest BCUT2D eigenvalue weighted by Crippen LogP contribution is -2.57. The molecule has 0 bridgehead atoms. The quantitative estimate of drug-likeness (QED) is 0.230. The number of piperazine rings is 1. The minimum Gasteiger partial charge on any atom is -0.497 e. The molecule has 2 aromatic carbocycles. The third-order valence-corrected chi connectivity index (χ3v) is 8.19. The number of alkyl halides is 3. The number of carbonyl (C=O) groups is 1. The Morgan fingerprint density at radius 3 is 2.64 bits per heavy atom. The number of hydrogen-bond acceptors (Lipinski definition) is 9. The van der Waals surface area contributed by atoms with E-state index >= 15 is 0 Å². The van der Waals surface area contributed by atoms with E-state index in [0.29, 0.717) is 22.8 Å². The summed E-state index contributed by atoms with van der Waals surface area (Å²) in [7, 11) is 1.29. The standard InChI is InChI=1S/C30H32F3N5O5S/c1-29(2,3)43-28(41)38-10-9-37(15-20(38)16-39)27-35-26(40)25(44-27)22(17-6-8-24-19(11-17)14-34-36-24)12-18-5-7-21(42-4)13-23(18)30(31,32)33/h5-8,11-14,20,39-40H,9-10,15-16H2,1-4H3,(H,34,36)/t20-/m1/s1. The maximum Gasteiger partial charge on any atom is 0.417 e. The molecule has 0 saturated carbocycles. The minimum atomic E-state index is -4.67. The number of carbonyl (C=O) groups excluding carboxylic acids is 1. The third kappa shape index (κ3) is 6.60. The summed E-state index contributed by atoms with van der Waals surface area (Å²) in [6.07, 6.45) is -2.24. The molecule has 234 valence electrons. The van der Waals surface area contributed by atoms with Gasteiger partial charge in [-0.2, -0.15) is 23.3 Å². The van der Waals surface area contributed by atoms with Crippen molar-refractivity contribution < 1.29 is 37.7 Å². The first-order valence-electron chi connectivity index (χ1n) is 13.7. The summed E-state index contributed by atoms with van der Waals surface area (Å²) in [5, 5.41) is 29.2. The van der Waals surface area contributed by atoms with Gasteiger partial charge in [0.1, 0.15) is 16.2 Å². The van der Waals surface area contributed by atoms with Crippen molar-refractivity contribution in [3.63, 3.8) is 0 Å². The second kappa shape index (κ2) is 12.0. The smallest absolute Gasteiger partial charge is 0.417 e. The fourth-order valence-electron chi connectivity index (χ4n) is 4.94. The predicted octanol–water partition coefficient (Wildman–Crippen LogP) is 5.76. The summed E-state index contributed by atoms with van der Waals surface area (Å²) in [4.78, 5) is 20.6. The largest absolute Gasteiger partial charge is 0.497 e. The van der Waals surface area contributed by atoms with E-state index in [0.717, 1.165) is 28.3 Å². The number of nitrogens with zero attached hydrogens (tertiary/aromatic N) is 4. The van der Waals surface area contributed by atoms with Crippen LogP contribution in [0.1, 0.15) is 42.3 Å². The lowest BCUT2D eigenvalue weighted by molar-refractivity contribution is -0.137. The molecule has 1 aliphatic heterocycles. The Balaban J connectivity index is 1.55. The number of aliphatic hydroxyl groups is 1. The van der Waals surface area contributed by atoms with E-state index in [2.05, 4.69) is 15.2 Å². The lowest BCUT2D eigenvalue weighted by atomic mass is 9.97. The number of aliphatic hydroxyl groups excluding tert-OH is 1. The first-order valence-corrected chi connectivity index (χ1v) is 14.5. The molecule has 5 rings (SSSR count). The fraction of sp³-hybridized carbons (Fsp3) is 0.367. The first-order chi connectivity index (χ1) is 20.8. The Kier molecular flexibility index (Phi) is 8.49. The van der Waals surface area contributed by atoms with Crippen LogP contribution in [-0.2, 0) is 10.9 Å². The second-order valence-electron chi connectivity index (χ2n) is 11.3. The van der Waals surface area contributed by atoms with Crippen LogP contribution >= 0.6 is 11.3 Å². The van der Waals surface area contributed by atoms with Gasteiger partial charge in [0.05, 0.1) is 37.0 Å². The average molecular weight is 632 g/mol. The zero-order chi connectivity index (χ0) is 31.8. The van der Waals surface area contributed by atoms with Gasteiger partial charge in [0.15, 0.2) is 5.13 Å². The van der Waals surface area contributed by atoms with Crippen LogP contribution in [0.5, 0.6) is 11.6 Å². The van der Waals surface area contributed by atoms with Crippen molar-refractivity contribution in [3.8, 4) is 11.6 Å². The molecule has 0 radical (unpaired) electrons. The average Bonchev–Trinajstić information content (AvgIpc) is 3.60. The van der Waals surface area contributed by atoms with Gasteiger partial charge in [0.25, 0.3) is 0 Å². The van der Waals surface area contributed by atoms with Crippen molar-refractivity contribution in [1.29, 1.82) is 0 Å². The number of hydrogen-bond donors (Lipinski definition) is 3. The summed E-state index contributed by atoms with van der Waals surface area (Å²) in [6.45, 7) is 5.72. The van der Waals surface area contributed by atoms with Crippen molar-refractivity contribution in [2.45, 2.75) is 38.6 Å². The number of nitrogens with one attached hydrogen (secondary N) is 1. The van der Waals surface area contributed by atoms with Crippen molar-refractivity contribution >= 4 is 45.1 Å². The number of methoxy groups -OCH3 is 1. The highest BCUT2D eigenvalue weighted by molar-refractivity contribution is 7.17. The molecule has 1 saturated heterocycles. The number of aromatic nitrogens is 3. The van der Waals surface area contributed by atoms with Gasteiger partial charge in [-0.05, 0) is 62.2 Å².